The molecule has 0 bridgehead atoms. The molecule has 0 amide bonds. The summed E-state index contributed by atoms with van der Waals surface area (Å²) in [6.45, 7) is 2.55. The number of rotatable bonds is 7. The first-order valence-corrected chi connectivity index (χ1v) is 9.96. The molecule has 0 radical (unpaired) electrons. The number of hydrogen-bond acceptors (Lipinski definition) is 7. The first kappa shape index (κ1) is 19.0. The van der Waals surface area contributed by atoms with E-state index in [9.17, 15) is 4.79 Å². The second-order valence-electron chi connectivity index (χ2n) is 6.81. The monoisotopic (exact) mass is 407 g/mol. The number of carbonyl (C=O) groups excluding carboxylic acids is 1. The van der Waals surface area contributed by atoms with Crippen LogP contribution in [0.15, 0.2) is 35.6 Å². The van der Waals surface area contributed by atoms with E-state index in [2.05, 4.69) is 20.3 Å². The Morgan fingerprint density at radius 1 is 1.28 bits per heavy atom. The van der Waals surface area contributed by atoms with Crippen LogP contribution in [-0.2, 0) is 20.0 Å². The zero-order valence-electron chi connectivity index (χ0n) is 16.5. The molecule has 29 heavy (non-hydrogen) atoms. The number of aromatic amines is 1. The van der Waals surface area contributed by atoms with Crippen molar-refractivity contribution in [1.82, 2.24) is 29.7 Å². The highest BCUT2D eigenvalue weighted by Gasteiger charge is 2.18. The summed E-state index contributed by atoms with van der Waals surface area (Å²) in [6, 6.07) is 7.85. The summed E-state index contributed by atoms with van der Waals surface area (Å²) in [4.78, 5) is 20.9. The molecule has 0 aromatic carbocycles. The molecule has 9 heteroatoms. The molecule has 0 spiro atoms. The van der Waals surface area contributed by atoms with Crippen molar-refractivity contribution in [3.63, 3.8) is 0 Å². The lowest BCUT2D eigenvalue weighted by Crippen LogP contribution is -2.12. The second kappa shape index (κ2) is 7.96. The number of aldehydes is 1. The van der Waals surface area contributed by atoms with E-state index in [-0.39, 0.29) is 0 Å². The number of nitrogens with one attached hydrogen (secondary N) is 1. The molecule has 1 N–H and O–H groups in total. The fraction of sp³-hybridized carbons (Fsp3) is 0.250. The summed E-state index contributed by atoms with van der Waals surface area (Å²) in [5, 5.41) is 14.3. The molecule has 0 fully saturated rings. The van der Waals surface area contributed by atoms with E-state index < -0.39 is 0 Å². The van der Waals surface area contributed by atoms with E-state index >= 15 is 0 Å². The Labute approximate surface area is 171 Å². The maximum atomic E-state index is 11.7. The van der Waals surface area contributed by atoms with Gasteiger partial charge in [0, 0.05) is 38.0 Å². The van der Waals surface area contributed by atoms with Crippen molar-refractivity contribution >= 4 is 34.2 Å². The van der Waals surface area contributed by atoms with Gasteiger partial charge in [0.15, 0.2) is 11.9 Å². The van der Waals surface area contributed by atoms with Gasteiger partial charge in [0.2, 0.25) is 0 Å². The minimum absolute atomic E-state index is 0.566. The smallest absolute Gasteiger partial charge is 0.167 e. The van der Waals surface area contributed by atoms with Crippen LogP contribution >= 0.6 is 11.3 Å². The summed E-state index contributed by atoms with van der Waals surface area (Å²) in [5.41, 5.74) is 4.98. The average molecular weight is 408 g/mol. The summed E-state index contributed by atoms with van der Waals surface area (Å²) in [5.74, 6) is 0. The van der Waals surface area contributed by atoms with E-state index in [1.165, 1.54) is 0 Å². The Hall–Kier alpha value is -3.33. The van der Waals surface area contributed by atoms with E-state index in [0.717, 1.165) is 44.3 Å². The summed E-state index contributed by atoms with van der Waals surface area (Å²) in [7, 11) is 3.73. The third-order valence-electron chi connectivity index (χ3n) is 4.58. The number of hydrazone groups is 1. The zero-order valence-corrected chi connectivity index (χ0v) is 17.3. The Bertz CT molecular complexity index is 1170. The predicted molar refractivity (Wildman–Crippen MR) is 113 cm³/mol. The molecule has 148 valence electrons. The fourth-order valence-electron chi connectivity index (χ4n) is 3.18. The van der Waals surface area contributed by atoms with Gasteiger partial charge in [0.1, 0.15) is 5.01 Å². The standard InChI is InChI=1S/C20H21N7OS/c1-13-5-4-6-15(23-13)11-26(2)22-10-16-17(12-28)27(3)20-19(16)29-18(24-20)9-14-7-8-21-25-14/h4-8,10,12H,9,11H2,1-3H3,(H,21,25)/b22-10-. The van der Waals surface area contributed by atoms with Gasteiger partial charge in [0.05, 0.1) is 34.5 Å². The minimum Gasteiger partial charge on any atom is -0.325 e. The lowest BCUT2D eigenvalue weighted by atomic mass is 10.3. The third kappa shape index (κ3) is 3.95. The minimum atomic E-state index is 0.566. The first-order chi connectivity index (χ1) is 14.0. The zero-order chi connectivity index (χ0) is 20.4. The summed E-state index contributed by atoms with van der Waals surface area (Å²) < 4.78 is 2.77. The van der Waals surface area contributed by atoms with Crippen molar-refractivity contribution in [2.45, 2.75) is 19.9 Å². The number of pyridine rings is 1. The Morgan fingerprint density at radius 2 is 2.14 bits per heavy atom. The number of nitrogens with zero attached hydrogens (tertiary/aromatic N) is 6. The molecule has 0 aliphatic heterocycles. The van der Waals surface area contributed by atoms with Gasteiger partial charge in [-0.25, -0.2) is 4.98 Å². The molecule has 0 saturated heterocycles. The van der Waals surface area contributed by atoms with Gasteiger partial charge in [-0.05, 0) is 25.1 Å². The van der Waals surface area contributed by atoms with E-state index in [1.54, 1.807) is 28.8 Å². The molecule has 4 rings (SSSR count). The van der Waals surface area contributed by atoms with Crippen molar-refractivity contribution in [2.24, 2.45) is 12.1 Å². The number of carbonyl (C=O) groups is 1. The normalized spacial score (nSPS) is 11.6. The van der Waals surface area contributed by atoms with Crippen LogP contribution in [0.4, 0.5) is 0 Å². The number of H-pyrrole nitrogens is 1. The molecule has 0 atom stereocenters. The lowest BCUT2D eigenvalue weighted by molar-refractivity contribution is 0.111. The molecule has 0 aliphatic carbocycles. The Kier molecular flexibility index (Phi) is 5.22. The van der Waals surface area contributed by atoms with Crippen LogP contribution in [0.2, 0.25) is 0 Å². The van der Waals surface area contributed by atoms with Crippen molar-refractivity contribution in [3.05, 3.63) is 63.8 Å². The maximum absolute atomic E-state index is 11.7. The highest BCUT2D eigenvalue weighted by Crippen LogP contribution is 2.30. The summed E-state index contributed by atoms with van der Waals surface area (Å²) >= 11 is 1.56. The fourth-order valence-corrected chi connectivity index (χ4v) is 4.30. The van der Waals surface area contributed by atoms with Crippen LogP contribution in [-0.4, -0.2) is 49.3 Å². The van der Waals surface area contributed by atoms with E-state index in [0.29, 0.717) is 18.7 Å². The van der Waals surface area contributed by atoms with Gasteiger partial charge >= 0.3 is 0 Å². The SMILES string of the molecule is Cc1cccc(CN(C)/N=C\c2c(C=O)n(C)c3nc(Cc4cc[nH]n4)sc23)n1. The lowest BCUT2D eigenvalue weighted by Gasteiger charge is -2.12. The van der Waals surface area contributed by atoms with Crippen LogP contribution in [0, 0.1) is 6.92 Å². The maximum Gasteiger partial charge on any atom is 0.167 e. The van der Waals surface area contributed by atoms with Crippen LogP contribution in [0.3, 0.4) is 0 Å². The van der Waals surface area contributed by atoms with Gasteiger partial charge in [-0.3, -0.25) is 19.9 Å². The topological polar surface area (TPSA) is 92.1 Å². The largest absolute Gasteiger partial charge is 0.325 e. The van der Waals surface area contributed by atoms with Gasteiger partial charge < -0.3 is 4.57 Å². The molecule has 4 heterocycles. The number of hydrogen-bond donors (Lipinski definition) is 1. The molecule has 8 nitrogen and oxygen atoms in total. The third-order valence-corrected chi connectivity index (χ3v) is 5.65. The van der Waals surface area contributed by atoms with Gasteiger partial charge in [0.25, 0.3) is 0 Å². The summed E-state index contributed by atoms with van der Waals surface area (Å²) in [6.07, 6.45) is 5.03. The highest BCUT2D eigenvalue weighted by atomic mass is 32.1. The molecule has 0 aliphatic rings. The average Bonchev–Trinajstić information content (AvgIpc) is 3.39. The van der Waals surface area contributed by atoms with Crippen LogP contribution < -0.4 is 0 Å². The van der Waals surface area contributed by atoms with Gasteiger partial charge in [-0.2, -0.15) is 10.2 Å². The molecule has 4 aromatic rings. The van der Waals surface area contributed by atoms with Crippen molar-refractivity contribution in [3.8, 4) is 0 Å². The quantitative estimate of drug-likeness (QED) is 0.289. The van der Waals surface area contributed by atoms with Crippen molar-refractivity contribution in [2.75, 3.05) is 7.05 Å². The van der Waals surface area contributed by atoms with Gasteiger partial charge in [-0.15, -0.1) is 11.3 Å². The van der Waals surface area contributed by atoms with Crippen LogP contribution in [0.25, 0.3) is 10.3 Å². The van der Waals surface area contributed by atoms with Crippen molar-refractivity contribution in [1.29, 1.82) is 0 Å². The molecular formula is C20H21N7OS. The van der Waals surface area contributed by atoms with E-state index in [1.807, 2.05) is 49.9 Å². The van der Waals surface area contributed by atoms with Crippen molar-refractivity contribution < 1.29 is 4.79 Å². The number of thiazole rings is 1. The number of fused-ring (bicyclic) bond motifs is 1. The highest BCUT2D eigenvalue weighted by molar-refractivity contribution is 7.19. The molecule has 4 aromatic heterocycles. The molecular weight excluding hydrogens is 386 g/mol. The molecule has 0 saturated carbocycles. The Balaban J connectivity index is 1.61. The Morgan fingerprint density at radius 3 is 2.86 bits per heavy atom. The second-order valence-corrected chi connectivity index (χ2v) is 7.89. The predicted octanol–water partition coefficient (Wildman–Crippen LogP) is 2.93. The number of aromatic nitrogens is 5. The molecule has 0 unspecified atom stereocenters. The van der Waals surface area contributed by atoms with E-state index in [4.69, 9.17) is 4.98 Å². The first-order valence-electron chi connectivity index (χ1n) is 9.14. The van der Waals surface area contributed by atoms with Gasteiger partial charge in [-0.1, -0.05) is 6.07 Å². The van der Waals surface area contributed by atoms with Crippen LogP contribution in [0.5, 0.6) is 0 Å². The number of aryl methyl sites for hydroxylation is 2. The van der Waals surface area contributed by atoms with Crippen LogP contribution in [0.1, 0.15) is 38.1 Å².